The molecule has 0 atom stereocenters. The van der Waals surface area contributed by atoms with E-state index in [1.165, 1.54) is 18.2 Å². The summed E-state index contributed by atoms with van der Waals surface area (Å²) in [6.45, 7) is 6.99. The van der Waals surface area contributed by atoms with Gasteiger partial charge in [-0.05, 0) is 63.6 Å². The number of hydrogen-bond acceptors (Lipinski definition) is 3. The molecule has 1 amide bonds. The van der Waals surface area contributed by atoms with Gasteiger partial charge in [-0.1, -0.05) is 29.3 Å². The average Bonchev–Trinajstić information content (AvgIpc) is 2.48. The third kappa shape index (κ3) is 5.20. The number of hydrogen-bond donors (Lipinski definition) is 2. The normalized spacial score (nSPS) is 12.1. The largest absolute Gasteiger partial charge is 0.322 e. The molecule has 26 heavy (non-hydrogen) atoms. The molecule has 2 aromatic carbocycles. The van der Waals surface area contributed by atoms with Crippen molar-refractivity contribution in [3.8, 4) is 0 Å². The van der Waals surface area contributed by atoms with Crippen LogP contribution in [0.15, 0.2) is 41.3 Å². The van der Waals surface area contributed by atoms with Crippen LogP contribution in [0.25, 0.3) is 0 Å². The molecule has 2 N–H and O–H groups in total. The lowest BCUT2D eigenvalue weighted by Crippen LogP contribution is -2.40. The van der Waals surface area contributed by atoms with Crippen LogP contribution in [-0.2, 0) is 10.0 Å². The molecule has 8 heteroatoms. The van der Waals surface area contributed by atoms with Crippen LogP contribution < -0.4 is 10.0 Å². The molecule has 0 saturated carbocycles. The molecular formula is C18H20Cl2N2O3S. The second-order valence-electron chi connectivity index (χ2n) is 6.91. The fourth-order valence-electron chi connectivity index (χ4n) is 2.23. The molecule has 0 saturated heterocycles. The molecule has 0 spiro atoms. The number of anilines is 1. The van der Waals surface area contributed by atoms with Gasteiger partial charge in [-0.2, -0.15) is 0 Å². The molecule has 0 bridgehead atoms. The minimum absolute atomic E-state index is 0.0391. The maximum absolute atomic E-state index is 12.6. The zero-order valence-corrected chi connectivity index (χ0v) is 17.2. The lowest BCUT2D eigenvalue weighted by atomic mass is 10.1. The first kappa shape index (κ1) is 20.7. The molecule has 0 fully saturated rings. The summed E-state index contributed by atoms with van der Waals surface area (Å²) in [5.74, 6) is -0.459. The van der Waals surface area contributed by atoms with Gasteiger partial charge in [0.2, 0.25) is 10.0 Å². The summed E-state index contributed by atoms with van der Waals surface area (Å²) < 4.78 is 27.6. The van der Waals surface area contributed by atoms with Gasteiger partial charge in [-0.3, -0.25) is 4.79 Å². The van der Waals surface area contributed by atoms with E-state index in [0.717, 1.165) is 5.56 Å². The van der Waals surface area contributed by atoms with Crippen LogP contribution in [0.5, 0.6) is 0 Å². The smallest absolute Gasteiger partial charge is 0.255 e. The molecule has 0 radical (unpaired) electrons. The van der Waals surface area contributed by atoms with Gasteiger partial charge in [0.1, 0.15) is 4.90 Å². The second-order valence-corrected chi connectivity index (χ2v) is 9.41. The van der Waals surface area contributed by atoms with Gasteiger partial charge in [0, 0.05) is 21.8 Å². The number of halogens is 2. The SMILES string of the molecule is Cc1ccc(Cl)cc1NC(=O)c1ccc(Cl)c(S(=O)(=O)NC(C)(C)C)c1. The predicted octanol–water partition coefficient (Wildman–Crippen LogP) is 4.63. The average molecular weight is 415 g/mol. The zero-order chi connectivity index (χ0) is 19.7. The van der Waals surface area contributed by atoms with Gasteiger partial charge in [0.05, 0.1) is 5.02 Å². The molecule has 0 aliphatic rings. The molecule has 0 aliphatic carbocycles. The van der Waals surface area contributed by atoms with E-state index >= 15 is 0 Å². The first-order valence-corrected chi connectivity index (χ1v) is 10.0. The molecular weight excluding hydrogens is 395 g/mol. The maximum atomic E-state index is 12.6. The third-order valence-electron chi connectivity index (χ3n) is 3.37. The fraction of sp³-hybridized carbons (Fsp3) is 0.278. The van der Waals surface area contributed by atoms with Gasteiger partial charge < -0.3 is 5.32 Å². The Morgan fingerprint density at radius 1 is 1.04 bits per heavy atom. The van der Waals surface area contributed by atoms with Crippen LogP contribution in [0.4, 0.5) is 5.69 Å². The van der Waals surface area contributed by atoms with Crippen molar-refractivity contribution in [2.24, 2.45) is 0 Å². The van der Waals surface area contributed by atoms with E-state index in [-0.39, 0.29) is 15.5 Å². The highest BCUT2D eigenvalue weighted by atomic mass is 35.5. The zero-order valence-electron chi connectivity index (χ0n) is 14.9. The Balaban J connectivity index is 2.37. The highest BCUT2D eigenvalue weighted by Crippen LogP contribution is 2.25. The van der Waals surface area contributed by atoms with Crippen molar-refractivity contribution in [3.63, 3.8) is 0 Å². The Morgan fingerprint density at radius 3 is 2.31 bits per heavy atom. The third-order valence-corrected chi connectivity index (χ3v) is 5.85. The minimum Gasteiger partial charge on any atom is -0.322 e. The van der Waals surface area contributed by atoms with Crippen LogP contribution in [0.2, 0.25) is 10.0 Å². The highest BCUT2D eigenvalue weighted by molar-refractivity contribution is 7.89. The van der Waals surface area contributed by atoms with Crippen molar-refractivity contribution < 1.29 is 13.2 Å². The number of nitrogens with one attached hydrogen (secondary N) is 2. The Labute approximate surface area is 163 Å². The van der Waals surface area contributed by atoms with Crippen molar-refractivity contribution in [2.45, 2.75) is 38.1 Å². The van der Waals surface area contributed by atoms with Crippen molar-refractivity contribution in [1.82, 2.24) is 4.72 Å². The highest BCUT2D eigenvalue weighted by Gasteiger charge is 2.25. The van der Waals surface area contributed by atoms with Gasteiger partial charge >= 0.3 is 0 Å². The number of benzene rings is 2. The summed E-state index contributed by atoms with van der Waals surface area (Å²) in [7, 11) is -3.88. The van der Waals surface area contributed by atoms with Crippen LogP contribution in [0.3, 0.4) is 0 Å². The molecule has 0 aromatic heterocycles. The first-order chi connectivity index (χ1) is 11.9. The number of aryl methyl sites for hydroxylation is 1. The fourth-order valence-corrected chi connectivity index (χ4v) is 4.35. The van der Waals surface area contributed by atoms with Crippen molar-refractivity contribution in [1.29, 1.82) is 0 Å². The Bertz CT molecular complexity index is 951. The van der Waals surface area contributed by atoms with Crippen LogP contribution in [0.1, 0.15) is 36.7 Å². The van der Waals surface area contributed by atoms with E-state index in [4.69, 9.17) is 23.2 Å². The second kappa shape index (κ2) is 7.56. The van der Waals surface area contributed by atoms with Crippen LogP contribution in [0, 0.1) is 6.92 Å². The van der Waals surface area contributed by atoms with Crippen molar-refractivity contribution in [2.75, 3.05) is 5.32 Å². The first-order valence-electron chi connectivity index (χ1n) is 7.80. The van der Waals surface area contributed by atoms with E-state index in [0.29, 0.717) is 10.7 Å². The summed E-state index contributed by atoms with van der Waals surface area (Å²) in [5, 5.41) is 3.26. The number of rotatable bonds is 4. The monoisotopic (exact) mass is 414 g/mol. The summed E-state index contributed by atoms with van der Waals surface area (Å²) in [6.07, 6.45) is 0. The van der Waals surface area contributed by atoms with E-state index in [1.807, 2.05) is 6.92 Å². The maximum Gasteiger partial charge on any atom is 0.255 e. The number of amides is 1. The Morgan fingerprint density at radius 2 is 1.69 bits per heavy atom. The van der Waals surface area contributed by atoms with Crippen LogP contribution in [-0.4, -0.2) is 19.9 Å². The van der Waals surface area contributed by atoms with Crippen LogP contribution >= 0.6 is 23.2 Å². The van der Waals surface area contributed by atoms with E-state index in [1.54, 1.807) is 39.0 Å². The molecule has 0 heterocycles. The topological polar surface area (TPSA) is 75.3 Å². The van der Waals surface area contributed by atoms with Gasteiger partial charge in [-0.15, -0.1) is 0 Å². The lowest BCUT2D eigenvalue weighted by Gasteiger charge is -2.21. The molecule has 2 aromatic rings. The number of carbonyl (C=O) groups excluding carboxylic acids is 1. The molecule has 5 nitrogen and oxygen atoms in total. The Hall–Kier alpha value is -1.60. The summed E-state index contributed by atoms with van der Waals surface area (Å²) in [4.78, 5) is 12.4. The molecule has 2 rings (SSSR count). The number of sulfonamides is 1. The van der Waals surface area contributed by atoms with Crippen molar-refractivity contribution >= 4 is 44.8 Å². The molecule has 0 aliphatic heterocycles. The van der Waals surface area contributed by atoms with E-state index in [9.17, 15) is 13.2 Å². The van der Waals surface area contributed by atoms with E-state index < -0.39 is 21.5 Å². The quantitative estimate of drug-likeness (QED) is 0.765. The standard InChI is InChI=1S/C18H20Cl2N2O3S/c1-11-5-7-13(19)10-15(11)21-17(23)12-6-8-14(20)16(9-12)26(24,25)22-18(2,3)4/h5-10,22H,1-4H3,(H,21,23). The minimum atomic E-state index is -3.88. The molecule has 140 valence electrons. The Kier molecular flexibility index (Phi) is 6.02. The van der Waals surface area contributed by atoms with E-state index in [2.05, 4.69) is 10.0 Å². The summed E-state index contributed by atoms with van der Waals surface area (Å²) in [5.41, 5.74) is 0.870. The summed E-state index contributed by atoms with van der Waals surface area (Å²) >= 11 is 12.0. The summed E-state index contributed by atoms with van der Waals surface area (Å²) in [6, 6.07) is 9.24. The predicted molar refractivity (Wildman–Crippen MR) is 106 cm³/mol. The van der Waals surface area contributed by atoms with Gasteiger partial charge in [0.15, 0.2) is 0 Å². The van der Waals surface area contributed by atoms with Gasteiger partial charge in [-0.25, -0.2) is 13.1 Å². The van der Waals surface area contributed by atoms with Crippen molar-refractivity contribution in [3.05, 3.63) is 57.6 Å². The van der Waals surface area contributed by atoms with Gasteiger partial charge in [0.25, 0.3) is 5.91 Å². The lowest BCUT2D eigenvalue weighted by molar-refractivity contribution is 0.102. The number of carbonyl (C=O) groups is 1. The molecule has 0 unspecified atom stereocenters.